The molecule has 1 rings (SSSR count). The van der Waals surface area contributed by atoms with Crippen LogP contribution in [-0.4, -0.2) is 31.2 Å². The van der Waals surface area contributed by atoms with Crippen molar-refractivity contribution in [3.05, 3.63) is 12.2 Å². The van der Waals surface area contributed by atoms with Crippen molar-refractivity contribution in [2.45, 2.75) is 70.8 Å². The van der Waals surface area contributed by atoms with E-state index in [9.17, 15) is 9.59 Å². The van der Waals surface area contributed by atoms with Crippen LogP contribution in [0.4, 0.5) is 4.79 Å². The zero-order valence-electron chi connectivity index (χ0n) is 13.8. The Labute approximate surface area is 133 Å². The summed E-state index contributed by atoms with van der Waals surface area (Å²) in [6.45, 7) is 6.32. The molecule has 1 saturated carbocycles. The van der Waals surface area contributed by atoms with Crippen LogP contribution in [0.3, 0.4) is 0 Å². The number of carbonyl (C=O) groups is 2. The van der Waals surface area contributed by atoms with Gasteiger partial charge in [0.1, 0.15) is 0 Å². The summed E-state index contributed by atoms with van der Waals surface area (Å²) in [6, 6.07) is 0.319. The van der Waals surface area contributed by atoms with Crippen LogP contribution in [0.2, 0.25) is 0 Å². The molecule has 0 aromatic heterocycles. The molecule has 1 fully saturated rings. The van der Waals surface area contributed by atoms with Crippen LogP contribution in [0.1, 0.15) is 64.7 Å². The van der Waals surface area contributed by atoms with Gasteiger partial charge in [-0.25, -0.2) is 9.59 Å². The van der Waals surface area contributed by atoms with E-state index >= 15 is 0 Å². The molecule has 0 aromatic rings. The van der Waals surface area contributed by atoms with E-state index in [1.165, 1.54) is 19.3 Å². The van der Waals surface area contributed by atoms with Gasteiger partial charge >= 0.3 is 12.0 Å². The summed E-state index contributed by atoms with van der Waals surface area (Å²) in [7, 11) is 0. The molecule has 22 heavy (non-hydrogen) atoms. The Morgan fingerprint density at radius 3 is 2.45 bits per heavy atom. The number of ether oxygens (including phenoxy) is 1. The second-order valence-electron chi connectivity index (χ2n) is 6.07. The van der Waals surface area contributed by atoms with E-state index in [0.717, 1.165) is 38.5 Å². The zero-order valence-corrected chi connectivity index (χ0v) is 13.8. The van der Waals surface area contributed by atoms with Crippen molar-refractivity contribution in [2.24, 2.45) is 0 Å². The molecule has 2 N–H and O–H groups in total. The van der Waals surface area contributed by atoms with Gasteiger partial charge in [-0.05, 0) is 39.0 Å². The molecule has 1 aliphatic carbocycles. The fourth-order valence-corrected chi connectivity index (χ4v) is 2.55. The van der Waals surface area contributed by atoms with Crippen molar-refractivity contribution in [3.63, 3.8) is 0 Å². The highest BCUT2D eigenvalue weighted by molar-refractivity contribution is 5.86. The third-order valence-corrected chi connectivity index (χ3v) is 3.88. The average Bonchev–Trinajstić information content (AvgIpc) is 2.50. The van der Waals surface area contributed by atoms with Crippen molar-refractivity contribution in [1.82, 2.24) is 10.6 Å². The Morgan fingerprint density at radius 1 is 1.09 bits per heavy atom. The Hall–Kier alpha value is -1.52. The van der Waals surface area contributed by atoms with Crippen molar-refractivity contribution >= 4 is 12.0 Å². The number of urea groups is 1. The van der Waals surface area contributed by atoms with Gasteiger partial charge in [0.25, 0.3) is 0 Å². The maximum atomic E-state index is 11.7. The van der Waals surface area contributed by atoms with Gasteiger partial charge in [-0.1, -0.05) is 32.3 Å². The van der Waals surface area contributed by atoms with E-state index in [-0.39, 0.29) is 12.0 Å². The third-order valence-electron chi connectivity index (χ3n) is 3.88. The standard InChI is InChI=1S/C17H30N2O3/c1-14(2)16(20)22-13-9-4-3-8-12-18-17(21)19-15-10-6-5-7-11-15/h15H,1,3-13H2,2H3,(H2,18,19,21). The average molecular weight is 310 g/mol. The van der Waals surface area contributed by atoms with Crippen molar-refractivity contribution < 1.29 is 14.3 Å². The van der Waals surface area contributed by atoms with Gasteiger partial charge in [0, 0.05) is 18.2 Å². The van der Waals surface area contributed by atoms with Crippen LogP contribution in [-0.2, 0) is 9.53 Å². The number of hydrogen-bond acceptors (Lipinski definition) is 3. The maximum Gasteiger partial charge on any atom is 0.333 e. The van der Waals surface area contributed by atoms with Gasteiger partial charge in [0.2, 0.25) is 0 Å². The maximum absolute atomic E-state index is 11.7. The molecule has 5 heteroatoms. The van der Waals surface area contributed by atoms with Crippen LogP contribution in [0.15, 0.2) is 12.2 Å². The highest BCUT2D eigenvalue weighted by atomic mass is 16.5. The van der Waals surface area contributed by atoms with Gasteiger partial charge < -0.3 is 15.4 Å². The summed E-state index contributed by atoms with van der Waals surface area (Å²) < 4.78 is 5.01. The number of carbonyl (C=O) groups excluding carboxylic acids is 2. The molecule has 0 radical (unpaired) electrons. The minimum atomic E-state index is -0.318. The van der Waals surface area contributed by atoms with Crippen LogP contribution in [0, 0.1) is 0 Å². The van der Waals surface area contributed by atoms with E-state index in [1.807, 2.05) is 0 Å². The lowest BCUT2D eigenvalue weighted by Gasteiger charge is -2.22. The Bertz CT molecular complexity index is 363. The first-order valence-electron chi connectivity index (χ1n) is 8.46. The molecule has 0 atom stereocenters. The van der Waals surface area contributed by atoms with Gasteiger partial charge in [0.15, 0.2) is 0 Å². The van der Waals surface area contributed by atoms with Crippen molar-refractivity contribution in [1.29, 1.82) is 0 Å². The van der Waals surface area contributed by atoms with Crippen LogP contribution < -0.4 is 10.6 Å². The largest absolute Gasteiger partial charge is 0.462 e. The van der Waals surface area contributed by atoms with Crippen molar-refractivity contribution in [3.8, 4) is 0 Å². The topological polar surface area (TPSA) is 67.4 Å². The molecule has 0 aromatic carbocycles. The second kappa shape index (κ2) is 11.1. The van der Waals surface area contributed by atoms with Gasteiger partial charge in [-0.2, -0.15) is 0 Å². The van der Waals surface area contributed by atoms with E-state index in [2.05, 4.69) is 17.2 Å². The van der Waals surface area contributed by atoms with Gasteiger partial charge in [-0.3, -0.25) is 0 Å². The summed E-state index contributed by atoms with van der Waals surface area (Å²) in [5, 5.41) is 5.94. The fraction of sp³-hybridized carbons (Fsp3) is 0.765. The molecule has 0 bridgehead atoms. The second-order valence-corrected chi connectivity index (χ2v) is 6.07. The fourth-order valence-electron chi connectivity index (χ4n) is 2.55. The first-order valence-corrected chi connectivity index (χ1v) is 8.46. The third kappa shape index (κ3) is 8.70. The monoisotopic (exact) mass is 310 g/mol. The van der Waals surface area contributed by atoms with Gasteiger partial charge in [-0.15, -0.1) is 0 Å². The van der Waals surface area contributed by atoms with Crippen molar-refractivity contribution in [2.75, 3.05) is 13.2 Å². The molecule has 2 amide bonds. The summed E-state index contributed by atoms with van der Waals surface area (Å²) in [5.74, 6) is -0.318. The summed E-state index contributed by atoms with van der Waals surface area (Å²) in [5.41, 5.74) is 0.438. The Balaban J connectivity index is 1.89. The van der Waals surface area contributed by atoms with E-state index in [1.54, 1.807) is 6.92 Å². The molecule has 0 aliphatic heterocycles. The quantitative estimate of drug-likeness (QED) is 0.390. The lowest BCUT2D eigenvalue weighted by Crippen LogP contribution is -2.43. The minimum absolute atomic E-state index is 0.0395. The molecule has 126 valence electrons. The lowest BCUT2D eigenvalue weighted by atomic mass is 9.96. The number of amides is 2. The van der Waals surface area contributed by atoms with Crippen LogP contribution in [0.5, 0.6) is 0 Å². The highest BCUT2D eigenvalue weighted by Gasteiger charge is 2.14. The van der Waals surface area contributed by atoms with Crippen LogP contribution in [0.25, 0.3) is 0 Å². The number of rotatable bonds is 9. The van der Waals surface area contributed by atoms with Crippen LogP contribution >= 0.6 is 0 Å². The first kappa shape index (κ1) is 18.5. The number of esters is 1. The molecule has 5 nitrogen and oxygen atoms in total. The minimum Gasteiger partial charge on any atom is -0.462 e. The van der Waals surface area contributed by atoms with E-state index in [0.29, 0.717) is 24.8 Å². The first-order chi connectivity index (χ1) is 10.6. The zero-order chi connectivity index (χ0) is 16.2. The predicted octanol–water partition coefficient (Wildman–Crippen LogP) is 3.30. The summed E-state index contributed by atoms with van der Waals surface area (Å²) >= 11 is 0. The van der Waals surface area contributed by atoms with E-state index < -0.39 is 0 Å². The number of unbranched alkanes of at least 4 members (excludes halogenated alkanes) is 3. The Kier molecular flexibility index (Phi) is 9.35. The number of nitrogens with one attached hydrogen (secondary N) is 2. The smallest absolute Gasteiger partial charge is 0.333 e. The lowest BCUT2D eigenvalue weighted by molar-refractivity contribution is -0.139. The number of hydrogen-bond donors (Lipinski definition) is 2. The molecule has 0 heterocycles. The molecule has 0 spiro atoms. The molecular formula is C17H30N2O3. The summed E-state index contributed by atoms with van der Waals surface area (Å²) in [6.07, 6.45) is 9.78. The predicted molar refractivity (Wildman–Crippen MR) is 87.6 cm³/mol. The molecule has 1 aliphatic rings. The molecule has 0 unspecified atom stereocenters. The normalized spacial score (nSPS) is 15.1. The van der Waals surface area contributed by atoms with E-state index in [4.69, 9.17) is 4.74 Å². The summed E-state index contributed by atoms with van der Waals surface area (Å²) in [4.78, 5) is 22.8. The molecular weight excluding hydrogens is 280 g/mol. The highest BCUT2D eigenvalue weighted by Crippen LogP contribution is 2.17. The molecule has 0 saturated heterocycles. The SMILES string of the molecule is C=C(C)C(=O)OCCCCCCNC(=O)NC1CCCCC1. The Morgan fingerprint density at radius 2 is 1.77 bits per heavy atom. The van der Waals surface area contributed by atoms with Gasteiger partial charge in [0.05, 0.1) is 6.61 Å².